The molecule has 5 rings (SSSR count). The average Bonchev–Trinajstić information content (AvgIpc) is 3.43. The Bertz CT molecular complexity index is 924. The number of nitrogens with zero attached hydrogens (tertiary/aromatic N) is 5. The van der Waals surface area contributed by atoms with Gasteiger partial charge in [0.25, 0.3) is 0 Å². The highest BCUT2D eigenvalue weighted by molar-refractivity contribution is 5.59. The molecule has 0 radical (unpaired) electrons. The van der Waals surface area contributed by atoms with Crippen molar-refractivity contribution >= 4 is 17.5 Å². The summed E-state index contributed by atoms with van der Waals surface area (Å²) >= 11 is 0. The fraction of sp³-hybridized carbons (Fsp3) is 0.682. The lowest BCUT2D eigenvalue weighted by atomic mass is 9.91. The van der Waals surface area contributed by atoms with E-state index in [1.165, 1.54) is 0 Å². The molecule has 168 valence electrons. The van der Waals surface area contributed by atoms with Gasteiger partial charge in [-0.2, -0.15) is 9.49 Å². The first-order valence-corrected chi connectivity index (χ1v) is 11.3. The van der Waals surface area contributed by atoms with E-state index in [4.69, 9.17) is 4.74 Å². The normalized spacial score (nSPS) is 20.7. The molecule has 0 bridgehead atoms. The smallest absolute Gasteiger partial charge is 0.208 e. The van der Waals surface area contributed by atoms with E-state index < -0.39 is 5.82 Å². The van der Waals surface area contributed by atoms with E-state index in [1.807, 2.05) is 6.07 Å². The number of piperazine rings is 1. The topological polar surface area (TPSA) is 82.2 Å². The molecule has 0 spiro atoms. The molecule has 0 amide bonds. The third kappa shape index (κ3) is 4.67. The third-order valence-electron chi connectivity index (χ3n) is 6.14. The van der Waals surface area contributed by atoms with Gasteiger partial charge < -0.3 is 15.0 Å². The molecule has 0 aromatic carbocycles. The second kappa shape index (κ2) is 8.02. The molecule has 0 atom stereocenters. The van der Waals surface area contributed by atoms with E-state index in [0.29, 0.717) is 23.6 Å². The fourth-order valence-corrected chi connectivity index (χ4v) is 4.21. The van der Waals surface area contributed by atoms with Crippen LogP contribution in [-0.4, -0.2) is 70.5 Å². The first-order valence-electron chi connectivity index (χ1n) is 11.3. The van der Waals surface area contributed by atoms with Crippen LogP contribution in [0.2, 0.25) is 0 Å². The second-order valence-corrected chi connectivity index (χ2v) is 10.2. The zero-order valence-corrected chi connectivity index (χ0v) is 18.6. The highest BCUT2D eigenvalue weighted by Crippen LogP contribution is 2.40. The number of anilines is 3. The van der Waals surface area contributed by atoms with Gasteiger partial charge in [0, 0.05) is 43.9 Å². The minimum absolute atomic E-state index is 0.143. The SMILES string of the molecule is CC(C)(C)Cc1cc(Nc2nc(C3CC3)nc(N3CCN(C4COC4)CC3)c2F)n[nH]1. The van der Waals surface area contributed by atoms with Gasteiger partial charge in [0.15, 0.2) is 17.5 Å². The molecule has 0 unspecified atom stereocenters. The molecule has 3 fully saturated rings. The summed E-state index contributed by atoms with van der Waals surface area (Å²) in [7, 11) is 0. The van der Waals surface area contributed by atoms with Crippen molar-refractivity contribution in [2.24, 2.45) is 5.41 Å². The first-order chi connectivity index (χ1) is 14.9. The zero-order valence-electron chi connectivity index (χ0n) is 18.6. The van der Waals surface area contributed by atoms with Crippen LogP contribution in [-0.2, 0) is 11.2 Å². The van der Waals surface area contributed by atoms with Crippen molar-refractivity contribution in [3.8, 4) is 0 Å². The number of nitrogens with one attached hydrogen (secondary N) is 2. The maximum Gasteiger partial charge on any atom is 0.208 e. The van der Waals surface area contributed by atoms with Crippen LogP contribution in [0, 0.1) is 11.2 Å². The van der Waals surface area contributed by atoms with Gasteiger partial charge in [-0.3, -0.25) is 10.00 Å². The lowest BCUT2D eigenvalue weighted by molar-refractivity contribution is -0.0661. The van der Waals surface area contributed by atoms with Crippen molar-refractivity contribution in [2.45, 2.75) is 52.0 Å². The highest BCUT2D eigenvalue weighted by Gasteiger charge is 2.33. The first kappa shape index (κ1) is 20.6. The molecule has 2 aromatic heterocycles. The summed E-state index contributed by atoms with van der Waals surface area (Å²) in [6, 6.07) is 2.45. The quantitative estimate of drug-likeness (QED) is 0.730. The molecule has 1 saturated carbocycles. The number of halogens is 1. The van der Waals surface area contributed by atoms with Crippen LogP contribution >= 0.6 is 0 Å². The van der Waals surface area contributed by atoms with Gasteiger partial charge >= 0.3 is 0 Å². The maximum absolute atomic E-state index is 15.5. The van der Waals surface area contributed by atoms with Crippen LogP contribution in [0.25, 0.3) is 0 Å². The predicted molar refractivity (Wildman–Crippen MR) is 117 cm³/mol. The monoisotopic (exact) mass is 429 g/mol. The lowest BCUT2D eigenvalue weighted by Crippen LogP contribution is -2.56. The van der Waals surface area contributed by atoms with Gasteiger partial charge in [-0.1, -0.05) is 20.8 Å². The van der Waals surface area contributed by atoms with Crippen LogP contribution in [0.15, 0.2) is 6.07 Å². The molecule has 4 heterocycles. The van der Waals surface area contributed by atoms with Crippen molar-refractivity contribution in [1.82, 2.24) is 25.1 Å². The Morgan fingerprint density at radius 2 is 1.90 bits per heavy atom. The second-order valence-electron chi connectivity index (χ2n) is 10.2. The number of aromatic nitrogens is 4. The summed E-state index contributed by atoms with van der Waals surface area (Å²) in [4.78, 5) is 13.7. The van der Waals surface area contributed by atoms with Gasteiger partial charge in [-0.25, -0.2) is 9.97 Å². The zero-order chi connectivity index (χ0) is 21.6. The number of rotatable bonds is 6. The summed E-state index contributed by atoms with van der Waals surface area (Å²) in [5.41, 5.74) is 1.16. The van der Waals surface area contributed by atoms with Gasteiger partial charge in [0.2, 0.25) is 5.82 Å². The Morgan fingerprint density at radius 3 is 2.52 bits per heavy atom. The van der Waals surface area contributed by atoms with Gasteiger partial charge in [-0.15, -0.1) is 0 Å². The van der Waals surface area contributed by atoms with Gasteiger partial charge in [0.05, 0.1) is 19.3 Å². The minimum Gasteiger partial charge on any atom is -0.378 e. The van der Waals surface area contributed by atoms with E-state index in [-0.39, 0.29) is 11.2 Å². The summed E-state index contributed by atoms with van der Waals surface area (Å²) < 4.78 is 20.8. The molecule has 2 saturated heterocycles. The van der Waals surface area contributed by atoms with Crippen LogP contribution in [0.1, 0.15) is 51.0 Å². The number of H-pyrrole nitrogens is 1. The van der Waals surface area contributed by atoms with Crippen molar-refractivity contribution < 1.29 is 9.13 Å². The fourth-order valence-electron chi connectivity index (χ4n) is 4.21. The van der Waals surface area contributed by atoms with Gasteiger partial charge in [0.1, 0.15) is 5.82 Å². The van der Waals surface area contributed by atoms with Crippen LogP contribution in [0.5, 0.6) is 0 Å². The van der Waals surface area contributed by atoms with Crippen LogP contribution in [0.3, 0.4) is 0 Å². The van der Waals surface area contributed by atoms with Gasteiger partial charge in [-0.05, 0) is 24.7 Å². The largest absolute Gasteiger partial charge is 0.378 e. The Hall–Kier alpha value is -2.26. The number of hydrogen-bond acceptors (Lipinski definition) is 7. The summed E-state index contributed by atoms with van der Waals surface area (Å²) in [5.74, 6) is 1.89. The molecular weight excluding hydrogens is 397 g/mol. The Kier molecular flexibility index (Phi) is 5.34. The van der Waals surface area contributed by atoms with E-state index >= 15 is 4.39 Å². The number of aromatic amines is 1. The van der Waals surface area contributed by atoms with E-state index in [9.17, 15) is 0 Å². The molecule has 2 aliphatic heterocycles. The predicted octanol–water partition coefficient (Wildman–Crippen LogP) is 3.07. The molecule has 3 aliphatic rings. The Balaban J connectivity index is 1.35. The van der Waals surface area contributed by atoms with Crippen molar-refractivity contribution in [1.29, 1.82) is 0 Å². The molecule has 8 nitrogen and oxygen atoms in total. The molecule has 2 N–H and O–H groups in total. The van der Waals surface area contributed by atoms with E-state index in [1.54, 1.807) is 0 Å². The highest BCUT2D eigenvalue weighted by atomic mass is 19.1. The van der Waals surface area contributed by atoms with Crippen molar-refractivity contribution in [3.05, 3.63) is 23.4 Å². The Labute approximate surface area is 182 Å². The van der Waals surface area contributed by atoms with Crippen molar-refractivity contribution in [3.63, 3.8) is 0 Å². The van der Waals surface area contributed by atoms with E-state index in [0.717, 1.165) is 70.2 Å². The Morgan fingerprint density at radius 1 is 1.16 bits per heavy atom. The maximum atomic E-state index is 15.5. The molecule has 1 aliphatic carbocycles. The summed E-state index contributed by atoms with van der Waals surface area (Å²) in [6.07, 6.45) is 3.00. The molecule has 2 aromatic rings. The van der Waals surface area contributed by atoms with Crippen LogP contribution < -0.4 is 10.2 Å². The number of ether oxygens (including phenoxy) is 1. The molecule has 9 heteroatoms. The van der Waals surface area contributed by atoms with E-state index in [2.05, 4.69) is 56.1 Å². The summed E-state index contributed by atoms with van der Waals surface area (Å²) in [6.45, 7) is 11.5. The van der Waals surface area contributed by atoms with Crippen LogP contribution in [0.4, 0.5) is 21.8 Å². The third-order valence-corrected chi connectivity index (χ3v) is 6.14. The minimum atomic E-state index is -0.398. The summed E-state index contributed by atoms with van der Waals surface area (Å²) in [5, 5.41) is 10.5. The van der Waals surface area contributed by atoms with Crippen molar-refractivity contribution in [2.75, 3.05) is 49.6 Å². The molecule has 31 heavy (non-hydrogen) atoms. The average molecular weight is 430 g/mol. The molecular formula is C22H32FN7O. The standard InChI is InChI=1S/C22H32FN7O/c1-22(2,3)11-15-10-17(28-27-15)24-20-18(23)21(26-19(25-20)14-4-5-14)30-8-6-29(7-9-30)16-12-31-13-16/h10,14,16H,4-9,11-13H2,1-3H3,(H2,24,25,26,27,28). The number of hydrogen-bond donors (Lipinski definition) is 2. The lowest BCUT2D eigenvalue weighted by Gasteiger charge is -2.42.